The largest absolute Gasteiger partial charge is 0.488 e. The quantitative estimate of drug-likeness (QED) is 0.715. The molecule has 0 saturated carbocycles. The Hall–Kier alpha value is -2.22. The average molecular weight is 204 g/mol. The van der Waals surface area contributed by atoms with E-state index in [1.165, 1.54) is 12.1 Å². The highest BCUT2D eigenvalue weighted by molar-refractivity contribution is 5.89. The van der Waals surface area contributed by atoms with Crippen molar-refractivity contribution in [3.8, 4) is 11.8 Å². The van der Waals surface area contributed by atoms with E-state index in [1.54, 1.807) is 6.07 Å². The minimum atomic E-state index is -0.996. The van der Waals surface area contributed by atoms with Crippen molar-refractivity contribution in [2.24, 2.45) is 0 Å². The van der Waals surface area contributed by atoms with Crippen LogP contribution in [-0.4, -0.2) is 23.7 Å². The Balaban J connectivity index is 2.33. The molecule has 0 bridgehead atoms. The van der Waals surface area contributed by atoms with Gasteiger partial charge >= 0.3 is 5.97 Å². The molecule has 0 saturated heterocycles. The topological polar surface area (TPSA) is 82.3 Å². The Labute approximate surface area is 85.9 Å². The van der Waals surface area contributed by atoms with E-state index in [0.717, 1.165) is 0 Å². The van der Waals surface area contributed by atoms with Crippen LogP contribution in [0.2, 0.25) is 0 Å². The molecular formula is C10H8N2O3. The van der Waals surface area contributed by atoms with Gasteiger partial charge in [0.1, 0.15) is 18.4 Å². The molecule has 0 aliphatic carbocycles. The third kappa shape index (κ3) is 1.70. The van der Waals surface area contributed by atoms with E-state index in [-0.39, 0.29) is 18.2 Å². The summed E-state index contributed by atoms with van der Waals surface area (Å²) in [6.07, 6.45) is 0. The molecular weight excluding hydrogens is 196 g/mol. The summed E-state index contributed by atoms with van der Waals surface area (Å²) in [7, 11) is 0. The van der Waals surface area contributed by atoms with Crippen molar-refractivity contribution in [3.63, 3.8) is 0 Å². The molecule has 0 radical (unpaired) electrons. The molecule has 0 aromatic heterocycles. The lowest BCUT2D eigenvalue weighted by molar-refractivity contribution is 0.0696. The Bertz CT molecular complexity index is 450. The van der Waals surface area contributed by atoms with Crippen LogP contribution < -0.4 is 10.1 Å². The first-order valence-corrected chi connectivity index (χ1v) is 4.37. The standard InChI is InChI=1S/C10H8N2O3/c11-4-7-5-15-9-3-6(10(13)14)1-2-8(9)12-7/h1-3,7,12H,5H2,(H,13,14). The first kappa shape index (κ1) is 9.34. The average Bonchev–Trinajstić information content (AvgIpc) is 2.27. The fraction of sp³-hybridized carbons (Fsp3) is 0.200. The van der Waals surface area contributed by atoms with Gasteiger partial charge in [-0.1, -0.05) is 0 Å². The molecule has 5 heteroatoms. The molecule has 15 heavy (non-hydrogen) atoms. The minimum Gasteiger partial charge on any atom is -0.488 e. The highest BCUT2D eigenvalue weighted by atomic mass is 16.5. The molecule has 1 aromatic carbocycles. The number of carbonyl (C=O) groups is 1. The summed E-state index contributed by atoms with van der Waals surface area (Å²) in [5.74, 6) is -0.523. The molecule has 76 valence electrons. The van der Waals surface area contributed by atoms with Gasteiger partial charge in [-0.3, -0.25) is 0 Å². The van der Waals surface area contributed by atoms with E-state index in [1.807, 2.05) is 6.07 Å². The summed E-state index contributed by atoms with van der Waals surface area (Å²) in [5.41, 5.74) is 0.823. The maximum Gasteiger partial charge on any atom is 0.335 e. The molecule has 1 atom stereocenters. The predicted octanol–water partition coefficient (Wildman–Crippen LogP) is 1.08. The highest BCUT2D eigenvalue weighted by Crippen LogP contribution is 2.29. The number of nitrogens with one attached hydrogen (secondary N) is 1. The Morgan fingerprint density at radius 1 is 1.67 bits per heavy atom. The van der Waals surface area contributed by atoms with Crippen LogP contribution in [0.5, 0.6) is 5.75 Å². The van der Waals surface area contributed by atoms with Gasteiger partial charge in [0.25, 0.3) is 0 Å². The summed E-state index contributed by atoms with van der Waals surface area (Å²) in [6.45, 7) is 0.229. The van der Waals surface area contributed by atoms with Gasteiger partial charge in [0.2, 0.25) is 0 Å². The van der Waals surface area contributed by atoms with Crippen LogP contribution >= 0.6 is 0 Å². The molecule has 2 rings (SSSR count). The van der Waals surface area contributed by atoms with Crippen LogP contribution in [-0.2, 0) is 0 Å². The summed E-state index contributed by atoms with van der Waals surface area (Å²) < 4.78 is 5.27. The second-order valence-electron chi connectivity index (χ2n) is 3.15. The van der Waals surface area contributed by atoms with Gasteiger partial charge in [-0.15, -0.1) is 0 Å². The maximum atomic E-state index is 10.7. The number of benzene rings is 1. The van der Waals surface area contributed by atoms with Crippen LogP contribution in [0.25, 0.3) is 0 Å². The van der Waals surface area contributed by atoms with Crippen LogP contribution in [0.15, 0.2) is 18.2 Å². The molecule has 1 aromatic rings. The van der Waals surface area contributed by atoms with Gasteiger partial charge in [-0.05, 0) is 18.2 Å². The Kier molecular flexibility index (Phi) is 2.18. The molecule has 1 unspecified atom stereocenters. The minimum absolute atomic E-state index is 0.172. The van der Waals surface area contributed by atoms with Gasteiger partial charge < -0.3 is 15.2 Å². The van der Waals surface area contributed by atoms with Crippen LogP contribution in [0, 0.1) is 11.3 Å². The van der Waals surface area contributed by atoms with E-state index in [9.17, 15) is 4.79 Å². The van der Waals surface area contributed by atoms with E-state index < -0.39 is 5.97 Å². The van der Waals surface area contributed by atoms with Crippen molar-refractivity contribution < 1.29 is 14.6 Å². The van der Waals surface area contributed by atoms with Crippen LogP contribution in [0.4, 0.5) is 5.69 Å². The molecule has 0 fully saturated rings. The van der Waals surface area contributed by atoms with Gasteiger partial charge in [0.15, 0.2) is 0 Å². The zero-order chi connectivity index (χ0) is 10.8. The lowest BCUT2D eigenvalue weighted by Crippen LogP contribution is -2.29. The van der Waals surface area contributed by atoms with Gasteiger partial charge in [0.05, 0.1) is 17.3 Å². The number of ether oxygens (including phenoxy) is 1. The molecule has 0 spiro atoms. The predicted molar refractivity (Wildman–Crippen MR) is 51.9 cm³/mol. The van der Waals surface area contributed by atoms with Crippen molar-refractivity contribution in [2.75, 3.05) is 11.9 Å². The SMILES string of the molecule is N#CC1COc2cc(C(=O)O)ccc2N1. The molecule has 1 aliphatic heterocycles. The van der Waals surface area contributed by atoms with Crippen molar-refractivity contribution in [2.45, 2.75) is 6.04 Å². The Morgan fingerprint density at radius 3 is 3.13 bits per heavy atom. The van der Waals surface area contributed by atoms with Crippen LogP contribution in [0.3, 0.4) is 0 Å². The lowest BCUT2D eigenvalue weighted by atomic mass is 10.1. The van der Waals surface area contributed by atoms with E-state index in [0.29, 0.717) is 11.4 Å². The van der Waals surface area contributed by atoms with Gasteiger partial charge in [0, 0.05) is 0 Å². The number of nitriles is 1. The summed E-state index contributed by atoms with van der Waals surface area (Å²) >= 11 is 0. The highest BCUT2D eigenvalue weighted by Gasteiger charge is 2.19. The second kappa shape index (κ2) is 3.50. The number of hydrogen-bond donors (Lipinski definition) is 2. The monoisotopic (exact) mass is 204 g/mol. The van der Waals surface area contributed by atoms with Crippen molar-refractivity contribution in [3.05, 3.63) is 23.8 Å². The fourth-order valence-corrected chi connectivity index (χ4v) is 1.37. The van der Waals surface area contributed by atoms with Crippen LogP contribution in [0.1, 0.15) is 10.4 Å². The number of carboxylic acids is 1. The maximum absolute atomic E-state index is 10.7. The number of aromatic carboxylic acids is 1. The van der Waals surface area contributed by atoms with Crippen molar-refractivity contribution in [1.82, 2.24) is 0 Å². The second-order valence-corrected chi connectivity index (χ2v) is 3.15. The lowest BCUT2D eigenvalue weighted by Gasteiger charge is -2.23. The molecule has 0 amide bonds. The third-order valence-corrected chi connectivity index (χ3v) is 2.12. The van der Waals surface area contributed by atoms with Gasteiger partial charge in [-0.2, -0.15) is 5.26 Å². The Morgan fingerprint density at radius 2 is 2.47 bits per heavy atom. The molecule has 1 heterocycles. The third-order valence-electron chi connectivity index (χ3n) is 2.12. The molecule has 1 aliphatic rings. The van der Waals surface area contributed by atoms with Crippen molar-refractivity contribution in [1.29, 1.82) is 5.26 Å². The first-order chi connectivity index (χ1) is 7.20. The zero-order valence-corrected chi connectivity index (χ0v) is 7.73. The van der Waals surface area contributed by atoms with E-state index in [2.05, 4.69) is 5.32 Å². The fourth-order valence-electron chi connectivity index (χ4n) is 1.37. The zero-order valence-electron chi connectivity index (χ0n) is 7.73. The normalized spacial score (nSPS) is 17.9. The smallest absolute Gasteiger partial charge is 0.335 e. The van der Waals surface area contributed by atoms with E-state index in [4.69, 9.17) is 15.1 Å². The van der Waals surface area contributed by atoms with Gasteiger partial charge in [-0.25, -0.2) is 4.79 Å². The number of carboxylic acid groups (broad SMARTS) is 1. The molecule has 2 N–H and O–H groups in total. The number of fused-ring (bicyclic) bond motifs is 1. The summed E-state index contributed by atoms with van der Waals surface area (Å²) in [6, 6.07) is 6.16. The van der Waals surface area contributed by atoms with Crippen molar-refractivity contribution >= 4 is 11.7 Å². The van der Waals surface area contributed by atoms with E-state index >= 15 is 0 Å². The summed E-state index contributed by atoms with van der Waals surface area (Å²) in [4.78, 5) is 10.7. The number of anilines is 1. The number of hydrogen-bond acceptors (Lipinski definition) is 4. The first-order valence-electron chi connectivity index (χ1n) is 4.37. The number of nitrogens with zero attached hydrogens (tertiary/aromatic N) is 1. The summed E-state index contributed by atoms with van der Waals surface area (Å²) in [5, 5.41) is 20.4. The number of rotatable bonds is 1. The molecule has 5 nitrogen and oxygen atoms in total.